The molecule has 3 aliphatic rings. The maximum absolute atomic E-state index is 12.1. The lowest BCUT2D eigenvalue weighted by Gasteiger charge is -2.38. The average Bonchev–Trinajstić information content (AvgIpc) is 2.83. The number of anilines is 3. The molecule has 1 fully saturated rings. The summed E-state index contributed by atoms with van der Waals surface area (Å²) in [6.45, 7) is 8.83. The van der Waals surface area contributed by atoms with Gasteiger partial charge in [0.15, 0.2) is 0 Å². The van der Waals surface area contributed by atoms with Crippen LogP contribution in [0, 0.1) is 0 Å². The first kappa shape index (κ1) is 28.1. The van der Waals surface area contributed by atoms with E-state index in [0.29, 0.717) is 32.8 Å². The monoisotopic (exact) mass is 576 g/mol. The normalized spacial score (nSPS) is 16.2. The van der Waals surface area contributed by atoms with Crippen LogP contribution in [0.1, 0.15) is 39.3 Å². The smallest absolute Gasteiger partial charge is 0.411 e. The van der Waals surface area contributed by atoms with Crippen LogP contribution in [0.5, 0.6) is 0 Å². The van der Waals surface area contributed by atoms with E-state index in [0.717, 1.165) is 32.7 Å². The molecule has 2 aromatic rings. The van der Waals surface area contributed by atoms with E-state index < -0.39 is 11.7 Å². The molecular formula is C26H33BrN4O6. The fraction of sp³-hybridized carbons (Fsp3) is 0.423. The Bertz CT molecular complexity index is 1160. The summed E-state index contributed by atoms with van der Waals surface area (Å²) in [7, 11) is 0. The molecule has 3 heterocycles. The van der Waals surface area contributed by atoms with Crippen LogP contribution in [0.15, 0.2) is 40.9 Å². The van der Waals surface area contributed by atoms with Crippen molar-refractivity contribution in [3.05, 3.63) is 52.0 Å². The summed E-state index contributed by atoms with van der Waals surface area (Å²) < 4.78 is 16.3. The van der Waals surface area contributed by atoms with Gasteiger partial charge in [0, 0.05) is 47.5 Å². The van der Waals surface area contributed by atoms with Crippen molar-refractivity contribution in [3.8, 4) is 0 Å². The first-order chi connectivity index (χ1) is 17.1. The van der Waals surface area contributed by atoms with E-state index in [2.05, 4.69) is 31.5 Å². The summed E-state index contributed by atoms with van der Waals surface area (Å²) in [6.07, 6.45) is -1.08. The predicted octanol–water partition coefficient (Wildman–Crippen LogP) is 5.95. The van der Waals surface area contributed by atoms with E-state index in [1.54, 1.807) is 4.90 Å². The number of benzene rings is 2. The van der Waals surface area contributed by atoms with Gasteiger partial charge in [0.1, 0.15) is 18.8 Å². The summed E-state index contributed by atoms with van der Waals surface area (Å²) in [6, 6.07) is 11.4. The zero-order chi connectivity index (χ0) is 25.9. The minimum absolute atomic E-state index is 0. The van der Waals surface area contributed by atoms with Crippen molar-refractivity contribution in [2.24, 2.45) is 0 Å². The summed E-state index contributed by atoms with van der Waals surface area (Å²) in [5.41, 5.74) is 4.12. The highest BCUT2D eigenvalue weighted by Gasteiger charge is 2.28. The van der Waals surface area contributed by atoms with Gasteiger partial charge in [0.2, 0.25) is 0 Å². The van der Waals surface area contributed by atoms with E-state index in [9.17, 15) is 14.4 Å². The molecule has 5 rings (SSSR count). The Morgan fingerprint density at radius 2 is 1.43 bits per heavy atom. The molecule has 10 nitrogen and oxygen atoms in total. The number of ether oxygens (including phenoxy) is 3. The molecule has 1 saturated heterocycles. The third kappa shape index (κ3) is 7.06. The molecule has 2 N–H and O–H groups in total. The Morgan fingerprint density at radius 1 is 0.892 bits per heavy atom. The van der Waals surface area contributed by atoms with Crippen molar-refractivity contribution in [3.63, 3.8) is 0 Å². The number of piperazine rings is 1. The molecule has 0 atom stereocenters. The number of carbonyl (C=O) groups is 3. The van der Waals surface area contributed by atoms with Crippen molar-refractivity contribution in [1.29, 1.82) is 0 Å². The molecule has 0 unspecified atom stereocenters. The number of hydrogen-bond acceptors (Lipinski definition) is 7. The lowest BCUT2D eigenvalue weighted by molar-refractivity contribution is 0.0240. The number of cyclic esters (lactones) is 2. The molecule has 3 aliphatic heterocycles. The average molecular weight is 577 g/mol. The Morgan fingerprint density at radius 3 is 2.03 bits per heavy atom. The largest absolute Gasteiger partial charge is 0.444 e. The number of fused-ring (bicyclic) bond motifs is 2. The highest BCUT2D eigenvalue weighted by molar-refractivity contribution is 9.10. The number of nitrogens with zero attached hydrogens (tertiary/aromatic N) is 2. The van der Waals surface area contributed by atoms with E-state index in [1.807, 2.05) is 57.2 Å². The van der Waals surface area contributed by atoms with Crippen molar-refractivity contribution >= 4 is 51.3 Å². The number of carbonyl (C=O) groups excluding carboxylic acids is 3. The molecule has 11 heteroatoms. The van der Waals surface area contributed by atoms with Crippen molar-refractivity contribution in [1.82, 2.24) is 4.90 Å². The zero-order valence-electron chi connectivity index (χ0n) is 20.4. The minimum Gasteiger partial charge on any atom is -0.444 e. The first-order valence-electron chi connectivity index (χ1n) is 11.6. The Kier molecular flexibility index (Phi) is 8.90. The van der Waals surface area contributed by atoms with Crippen molar-refractivity contribution < 1.29 is 28.6 Å². The Hall–Kier alpha value is -3.47. The molecule has 0 bridgehead atoms. The van der Waals surface area contributed by atoms with Crippen LogP contribution in [0.25, 0.3) is 0 Å². The van der Waals surface area contributed by atoms with E-state index >= 15 is 0 Å². The molecule has 0 radical (unpaired) electrons. The number of rotatable bonds is 1. The Labute approximate surface area is 225 Å². The molecule has 3 amide bonds. The summed E-state index contributed by atoms with van der Waals surface area (Å²) in [5.74, 6) is 0. The lowest BCUT2D eigenvalue weighted by Crippen LogP contribution is -2.50. The fourth-order valence-corrected chi connectivity index (χ4v) is 4.47. The van der Waals surface area contributed by atoms with Crippen molar-refractivity contribution in [2.75, 3.05) is 41.7 Å². The third-order valence-corrected chi connectivity index (χ3v) is 6.45. The van der Waals surface area contributed by atoms with Gasteiger partial charge in [-0.2, -0.15) is 0 Å². The van der Waals surface area contributed by atoms with Crippen molar-refractivity contribution in [2.45, 2.75) is 47.0 Å². The molecular weight excluding hydrogens is 544 g/mol. The van der Waals surface area contributed by atoms with Crippen LogP contribution in [0.4, 0.5) is 31.4 Å². The molecule has 0 spiro atoms. The molecule has 37 heavy (non-hydrogen) atoms. The highest BCUT2D eigenvalue weighted by Crippen LogP contribution is 2.32. The van der Waals surface area contributed by atoms with Crippen LogP contribution in [0.2, 0.25) is 0 Å². The van der Waals surface area contributed by atoms with E-state index in [4.69, 9.17) is 14.2 Å². The molecule has 0 aromatic heterocycles. The molecule has 0 saturated carbocycles. The summed E-state index contributed by atoms with van der Waals surface area (Å²) in [5, 5.41) is 5.33. The lowest BCUT2D eigenvalue weighted by atomic mass is 10.1. The van der Waals surface area contributed by atoms with Crippen LogP contribution in [-0.2, 0) is 27.4 Å². The molecule has 2 aromatic carbocycles. The second kappa shape index (κ2) is 11.7. The summed E-state index contributed by atoms with van der Waals surface area (Å²) >= 11 is 3.37. The second-order valence-corrected chi connectivity index (χ2v) is 10.3. The topological polar surface area (TPSA) is 109 Å². The van der Waals surface area contributed by atoms with Gasteiger partial charge in [-0.1, -0.05) is 35.5 Å². The van der Waals surface area contributed by atoms with Gasteiger partial charge in [0.05, 0.1) is 11.4 Å². The summed E-state index contributed by atoms with van der Waals surface area (Å²) in [4.78, 5) is 38.2. The predicted molar refractivity (Wildman–Crippen MR) is 145 cm³/mol. The molecule has 0 aliphatic carbocycles. The van der Waals surface area contributed by atoms with Gasteiger partial charge >= 0.3 is 18.3 Å². The highest BCUT2D eigenvalue weighted by atomic mass is 79.9. The number of halogens is 1. The van der Waals surface area contributed by atoms with Gasteiger partial charge in [-0.3, -0.25) is 10.6 Å². The van der Waals surface area contributed by atoms with Gasteiger partial charge in [-0.25, -0.2) is 14.4 Å². The number of nitrogens with one attached hydrogen (secondary N) is 2. The quantitative estimate of drug-likeness (QED) is 0.403. The standard InChI is InChI=1S/C17H23N3O4.C8H6BrNO2.CH4/c1-17(2,3)24-16(22)20-9-7-19(8-10-20)14-6-4-5-13-12(14)11-23-15(21)18-13;9-6-2-1-3-7-5(6)4-12-8(11)10-7;/h4-6H,7-11H2,1-3H3,(H,18,21);1-3H,4H2,(H,10,11);1H4. The van der Waals surface area contributed by atoms with Gasteiger partial charge < -0.3 is 24.0 Å². The molecule has 200 valence electrons. The first-order valence-corrected chi connectivity index (χ1v) is 12.4. The van der Waals surface area contributed by atoms with Gasteiger partial charge in [-0.05, 0) is 45.0 Å². The Balaban J connectivity index is 0.000000246. The van der Waals surface area contributed by atoms with Gasteiger partial charge in [0.25, 0.3) is 0 Å². The van der Waals surface area contributed by atoms with E-state index in [1.165, 1.54) is 0 Å². The SMILES string of the molecule is C.CC(C)(C)OC(=O)N1CCN(c2cccc3c2COC(=O)N3)CC1.O=C1Nc2cccc(Br)c2CO1. The second-order valence-electron chi connectivity index (χ2n) is 9.43. The zero-order valence-corrected chi connectivity index (χ0v) is 22.0. The van der Waals surface area contributed by atoms with Crippen LogP contribution >= 0.6 is 15.9 Å². The number of amides is 3. The third-order valence-electron chi connectivity index (χ3n) is 5.71. The van der Waals surface area contributed by atoms with Crippen LogP contribution in [-0.4, -0.2) is 55.0 Å². The fourth-order valence-electron chi connectivity index (χ4n) is 3.99. The maximum atomic E-state index is 12.1. The van der Waals surface area contributed by atoms with Gasteiger partial charge in [-0.15, -0.1) is 0 Å². The minimum atomic E-state index is -0.484. The van der Waals surface area contributed by atoms with Crippen LogP contribution < -0.4 is 15.5 Å². The van der Waals surface area contributed by atoms with Crippen LogP contribution in [0.3, 0.4) is 0 Å². The van der Waals surface area contributed by atoms with E-state index in [-0.39, 0.29) is 26.2 Å². The number of hydrogen-bond donors (Lipinski definition) is 2. The maximum Gasteiger partial charge on any atom is 0.411 e.